The highest BCUT2D eigenvalue weighted by molar-refractivity contribution is 6.11. The largest absolute Gasteiger partial charge is 0.454 e. The number of hydrogen-bond donors (Lipinski definition) is 1. The quantitative estimate of drug-likeness (QED) is 0.613. The van der Waals surface area contributed by atoms with Gasteiger partial charge < -0.3 is 14.8 Å². The molecule has 0 unspecified atom stereocenters. The minimum absolute atomic E-state index is 0.117. The molecule has 0 spiro atoms. The molecule has 4 rings (SSSR count). The SMILES string of the molecule is C[C@]1(Cc2ccc3c(c2)OCO3)NC(=O)N(CC(=O)c2ccc(F)c(F)c2)C1=O. The molecule has 29 heavy (non-hydrogen) atoms. The maximum atomic E-state index is 13.4. The molecule has 0 radical (unpaired) electrons. The highest BCUT2D eigenvalue weighted by atomic mass is 19.2. The zero-order valence-electron chi connectivity index (χ0n) is 15.3. The number of carbonyl (C=O) groups is 3. The number of hydrogen-bond acceptors (Lipinski definition) is 5. The van der Waals surface area contributed by atoms with Crippen LogP contribution in [-0.2, 0) is 11.2 Å². The number of ether oxygens (including phenoxy) is 2. The fraction of sp³-hybridized carbons (Fsp3) is 0.250. The van der Waals surface area contributed by atoms with E-state index >= 15 is 0 Å². The molecule has 7 nitrogen and oxygen atoms in total. The molecule has 1 fully saturated rings. The summed E-state index contributed by atoms with van der Waals surface area (Å²) in [6.45, 7) is 1.10. The van der Waals surface area contributed by atoms with Crippen LogP contribution in [0.3, 0.4) is 0 Å². The van der Waals surface area contributed by atoms with Gasteiger partial charge in [-0.2, -0.15) is 0 Å². The molecule has 0 saturated carbocycles. The summed E-state index contributed by atoms with van der Waals surface area (Å²) in [6.07, 6.45) is 0.171. The van der Waals surface area contributed by atoms with Crippen molar-refractivity contribution in [3.63, 3.8) is 0 Å². The smallest absolute Gasteiger partial charge is 0.325 e. The van der Waals surface area contributed by atoms with E-state index in [2.05, 4.69) is 5.32 Å². The maximum absolute atomic E-state index is 13.4. The maximum Gasteiger partial charge on any atom is 0.325 e. The predicted octanol–water partition coefficient (Wildman–Crippen LogP) is 2.43. The lowest BCUT2D eigenvalue weighted by Gasteiger charge is -2.21. The minimum atomic E-state index is -1.26. The average molecular weight is 402 g/mol. The summed E-state index contributed by atoms with van der Waals surface area (Å²) in [6, 6.07) is 7.13. The molecular formula is C20H16F2N2O5. The number of imide groups is 1. The molecular weight excluding hydrogens is 386 g/mol. The first kappa shape index (κ1) is 18.9. The van der Waals surface area contributed by atoms with Crippen molar-refractivity contribution in [1.29, 1.82) is 0 Å². The van der Waals surface area contributed by atoms with E-state index in [1.807, 2.05) is 0 Å². The monoisotopic (exact) mass is 402 g/mol. The molecule has 1 atom stereocenters. The van der Waals surface area contributed by atoms with Gasteiger partial charge in [-0.3, -0.25) is 14.5 Å². The van der Waals surface area contributed by atoms with E-state index in [0.717, 1.165) is 28.7 Å². The number of fused-ring (bicyclic) bond motifs is 1. The van der Waals surface area contributed by atoms with Gasteiger partial charge in [-0.15, -0.1) is 0 Å². The van der Waals surface area contributed by atoms with Gasteiger partial charge in [0, 0.05) is 12.0 Å². The van der Waals surface area contributed by atoms with E-state index in [4.69, 9.17) is 9.47 Å². The van der Waals surface area contributed by atoms with Crippen molar-refractivity contribution in [2.24, 2.45) is 0 Å². The van der Waals surface area contributed by atoms with Crippen molar-refractivity contribution in [1.82, 2.24) is 10.2 Å². The molecule has 2 heterocycles. The van der Waals surface area contributed by atoms with E-state index in [1.165, 1.54) is 0 Å². The summed E-state index contributed by atoms with van der Waals surface area (Å²) < 4.78 is 37.0. The Hall–Kier alpha value is -3.49. The number of carbonyl (C=O) groups excluding carboxylic acids is 3. The van der Waals surface area contributed by atoms with Gasteiger partial charge in [0.15, 0.2) is 28.9 Å². The lowest BCUT2D eigenvalue weighted by molar-refractivity contribution is -0.130. The lowest BCUT2D eigenvalue weighted by atomic mass is 9.92. The third kappa shape index (κ3) is 3.39. The van der Waals surface area contributed by atoms with Gasteiger partial charge in [0.1, 0.15) is 5.54 Å². The number of ketones is 1. The molecule has 2 aliphatic heterocycles. The summed E-state index contributed by atoms with van der Waals surface area (Å²) in [5.41, 5.74) is -0.660. The fourth-order valence-electron chi connectivity index (χ4n) is 3.37. The van der Waals surface area contributed by atoms with Gasteiger partial charge in [-0.25, -0.2) is 13.6 Å². The van der Waals surface area contributed by atoms with Crippen LogP contribution >= 0.6 is 0 Å². The number of nitrogens with zero attached hydrogens (tertiary/aromatic N) is 1. The summed E-state index contributed by atoms with van der Waals surface area (Å²) in [5, 5.41) is 2.60. The third-order valence-corrected chi connectivity index (χ3v) is 4.88. The molecule has 3 amide bonds. The summed E-state index contributed by atoms with van der Waals surface area (Å²) >= 11 is 0. The number of halogens is 2. The van der Waals surface area contributed by atoms with Crippen LogP contribution in [0.2, 0.25) is 0 Å². The van der Waals surface area contributed by atoms with Crippen LogP contribution in [0, 0.1) is 11.6 Å². The predicted molar refractivity (Wildman–Crippen MR) is 95.6 cm³/mol. The number of amides is 3. The zero-order chi connectivity index (χ0) is 20.8. The lowest BCUT2D eigenvalue weighted by Crippen LogP contribution is -2.46. The van der Waals surface area contributed by atoms with Gasteiger partial charge in [0.2, 0.25) is 6.79 Å². The molecule has 0 bridgehead atoms. The molecule has 0 aromatic heterocycles. The Balaban J connectivity index is 1.50. The Labute approximate surface area is 164 Å². The second-order valence-corrected chi connectivity index (χ2v) is 7.07. The van der Waals surface area contributed by atoms with Gasteiger partial charge >= 0.3 is 6.03 Å². The standard InChI is InChI=1S/C20H16F2N2O5/c1-20(8-11-2-5-16-17(6-11)29-10-28-16)18(26)24(19(27)23-20)9-15(25)12-3-4-13(21)14(22)7-12/h2-7H,8-10H2,1H3,(H,23,27)/t20-/m1/s1. The second kappa shape index (κ2) is 6.84. The van der Waals surface area contributed by atoms with Crippen molar-refractivity contribution in [3.05, 3.63) is 59.2 Å². The van der Waals surface area contributed by atoms with Gasteiger partial charge in [-0.1, -0.05) is 6.07 Å². The molecule has 1 N–H and O–H groups in total. The average Bonchev–Trinajstić information content (AvgIpc) is 3.22. The fourth-order valence-corrected chi connectivity index (χ4v) is 3.37. The van der Waals surface area contributed by atoms with Gasteiger partial charge in [0.25, 0.3) is 5.91 Å². The Kier molecular flexibility index (Phi) is 4.45. The Morgan fingerprint density at radius 1 is 1.10 bits per heavy atom. The molecule has 1 saturated heterocycles. The molecule has 2 aliphatic rings. The number of nitrogens with one attached hydrogen (secondary N) is 1. The Morgan fingerprint density at radius 2 is 1.86 bits per heavy atom. The van der Waals surface area contributed by atoms with E-state index in [1.54, 1.807) is 25.1 Å². The number of benzene rings is 2. The minimum Gasteiger partial charge on any atom is -0.454 e. The van der Waals surface area contributed by atoms with Crippen LogP contribution in [0.5, 0.6) is 11.5 Å². The van der Waals surface area contributed by atoms with Crippen molar-refractivity contribution < 1.29 is 32.6 Å². The third-order valence-electron chi connectivity index (χ3n) is 4.88. The second-order valence-electron chi connectivity index (χ2n) is 7.07. The van der Waals surface area contributed by atoms with E-state index in [9.17, 15) is 23.2 Å². The van der Waals surface area contributed by atoms with Crippen molar-refractivity contribution in [2.75, 3.05) is 13.3 Å². The normalized spacial score (nSPS) is 20.2. The molecule has 9 heteroatoms. The van der Waals surface area contributed by atoms with Crippen LogP contribution in [0.25, 0.3) is 0 Å². The van der Waals surface area contributed by atoms with Crippen LogP contribution in [0.15, 0.2) is 36.4 Å². The topological polar surface area (TPSA) is 84.9 Å². The van der Waals surface area contributed by atoms with Crippen LogP contribution in [0.1, 0.15) is 22.8 Å². The zero-order valence-corrected chi connectivity index (χ0v) is 15.3. The summed E-state index contributed by atoms with van der Waals surface area (Å²) in [5.74, 6) is -2.39. The Morgan fingerprint density at radius 3 is 2.62 bits per heavy atom. The first-order chi connectivity index (χ1) is 13.8. The van der Waals surface area contributed by atoms with Crippen molar-refractivity contribution in [3.8, 4) is 11.5 Å². The van der Waals surface area contributed by atoms with Crippen LogP contribution < -0.4 is 14.8 Å². The first-order valence-electron chi connectivity index (χ1n) is 8.78. The summed E-state index contributed by atoms with van der Waals surface area (Å²) in [4.78, 5) is 38.3. The molecule has 150 valence electrons. The molecule has 2 aromatic rings. The number of urea groups is 1. The molecule has 0 aliphatic carbocycles. The van der Waals surface area contributed by atoms with Gasteiger partial charge in [-0.05, 0) is 42.8 Å². The van der Waals surface area contributed by atoms with Crippen LogP contribution in [0.4, 0.5) is 13.6 Å². The first-order valence-corrected chi connectivity index (χ1v) is 8.78. The van der Waals surface area contributed by atoms with Gasteiger partial charge in [0.05, 0.1) is 6.54 Å². The highest BCUT2D eigenvalue weighted by Gasteiger charge is 2.48. The van der Waals surface area contributed by atoms with Crippen molar-refractivity contribution >= 4 is 17.7 Å². The van der Waals surface area contributed by atoms with E-state index in [-0.39, 0.29) is 18.8 Å². The number of rotatable bonds is 5. The highest BCUT2D eigenvalue weighted by Crippen LogP contribution is 2.34. The van der Waals surface area contributed by atoms with Crippen molar-refractivity contribution in [2.45, 2.75) is 18.9 Å². The number of Topliss-reactive ketones (excluding diaryl/α,β-unsaturated/α-hetero) is 1. The van der Waals surface area contributed by atoms with E-state index in [0.29, 0.717) is 11.5 Å². The Bertz CT molecular complexity index is 1040. The molecule has 2 aromatic carbocycles. The summed E-state index contributed by atoms with van der Waals surface area (Å²) in [7, 11) is 0. The van der Waals surface area contributed by atoms with Crippen LogP contribution in [-0.4, -0.2) is 41.5 Å². The van der Waals surface area contributed by atoms with E-state index < -0.39 is 41.4 Å².